The molecule has 2 aliphatic carbocycles. The first-order valence-corrected chi connectivity index (χ1v) is 9.48. The Labute approximate surface area is 147 Å². The summed E-state index contributed by atoms with van der Waals surface area (Å²) in [5.74, 6) is 4.21. The van der Waals surface area contributed by atoms with E-state index in [1.807, 2.05) is 24.8 Å². The summed E-state index contributed by atoms with van der Waals surface area (Å²) in [5.41, 5.74) is 2.81. The van der Waals surface area contributed by atoms with Crippen LogP contribution in [0.4, 0.5) is 0 Å². The molecule has 132 valence electrons. The van der Waals surface area contributed by atoms with Gasteiger partial charge in [-0.25, -0.2) is 4.98 Å². The highest BCUT2D eigenvalue weighted by atomic mass is 16.2. The third-order valence-corrected chi connectivity index (χ3v) is 6.06. The van der Waals surface area contributed by atoms with Gasteiger partial charge >= 0.3 is 0 Å². The molecule has 2 aromatic rings. The van der Waals surface area contributed by atoms with Crippen LogP contribution < -0.4 is 0 Å². The molecule has 6 nitrogen and oxygen atoms in total. The van der Waals surface area contributed by atoms with Crippen LogP contribution in [0.5, 0.6) is 0 Å². The second-order valence-electron chi connectivity index (χ2n) is 8.18. The third-order valence-electron chi connectivity index (χ3n) is 6.06. The van der Waals surface area contributed by atoms with E-state index in [0.29, 0.717) is 17.8 Å². The van der Waals surface area contributed by atoms with Gasteiger partial charge in [0.05, 0.1) is 0 Å². The smallest absolute Gasteiger partial charge is 0.270 e. The summed E-state index contributed by atoms with van der Waals surface area (Å²) in [6, 6.07) is 2.04. The van der Waals surface area contributed by atoms with E-state index >= 15 is 0 Å². The van der Waals surface area contributed by atoms with Gasteiger partial charge in [-0.2, -0.15) is 5.10 Å². The van der Waals surface area contributed by atoms with Crippen molar-refractivity contribution in [3.63, 3.8) is 0 Å². The molecular formula is C19H25N5O. The van der Waals surface area contributed by atoms with E-state index in [9.17, 15) is 4.79 Å². The Morgan fingerprint density at radius 3 is 2.64 bits per heavy atom. The van der Waals surface area contributed by atoms with Gasteiger partial charge in [-0.15, -0.1) is 0 Å². The molecule has 0 radical (unpaired) electrons. The van der Waals surface area contributed by atoms with Crippen LogP contribution in [0.2, 0.25) is 0 Å². The number of amides is 1. The molecule has 0 unspecified atom stereocenters. The summed E-state index contributed by atoms with van der Waals surface area (Å²) in [6.07, 6.45) is 5.00. The molecule has 3 aliphatic rings. The van der Waals surface area contributed by atoms with Gasteiger partial charge in [0.1, 0.15) is 11.5 Å². The first-order chi connectivity index (χ1) is 12.1. The quantitative estimate of drug-likeness (QED) is 0.899. The molecule has 1 amide bonds. The minimum absolute atomic E-state index is 0.126. The number of aryl methyl sites for hydroxylation is 2. The zero-order valence-corrected chi connectivity index (χ0v) is 14.9. The highest BCUT2D eigenvalue weighted by molar-refractivity contribution is 5.94. The standard InChI is InChI=1S/C19H25N5O/c1-10-7-11(2)20-16(10)19(25)24-8-14(12-3-4-12)15(9-24)18-21-17(22-23-18)13-5-6-13/h7,12-15,20H,3-6,8-9H2,1-2H3,(H,21,22,23)/t14-,15+/m1/s1. The number of carbonyl (C=O) groups excluding carboxylic acids is 1. The lowest BCUT2D eigenvalue weighted by atomic mass is 9.91. The van der Waals surface area contributed by atoms with Crippen molar-refractivity contribution in [3.8, 4) is 0 Å². The molecular weight excluding hydrogens is 314 g/mol. The number of likely N-dealkylation sites (tertiary alicyclic amines) is 1. The Morgan fingerprint density at radius 1 is 1.20 bits per heavy atom. The Hall–Kier alpha value is -2.11. The maximum absolute atomic E-state index is 13.0. The summed E-state index contributed by atoms with van der Waals surface area (Å²) in [7, 11) is 0. The van der Waals surface area contributed by atoms with Crippen LogP contribution >= 0.6 is 0 Å². The maximum Gasteiger partial charge on any atom is 0.270 e. The molecule has 2 atom stereocenters. The predicted octanol–water partition coefficient (Wildman–Crippen LogP) is 2.89. The second-order valence-corrected chi connectivity index (χ2v) is 8.18. The molecule has 3 fully saturated rings. The summed E-state index contributed by atoms with van der Waals surface area (Å²) in [5, 5.41) is 7.63. The molecule has 5 rings (SSSR count). The highest BCUT2D eigenvalue weighted by Gasteiger charge is 2.46. The molecule has 2 aromatic heterocycles. The first-order valence-electron chi connectivity index (χ1n) is 9.48. The van der Waals surface area contributed by atoms with Crippen LogP contribution in [0.15, 0.2) is 6.07 Å². The molecule has 0 bridgehead atoms. The monoisotopic (exact) mass is 339 g/mol. The van der Waals surface area contributed by atoms with Crippen LogP contribution in [0, 0.1) is 25.7 Å². The molecule has 0 spiro atoms. The van der Waals surface area contributed by atoms with E-state index in [1.165, 1.54) is 25.7 Å². The zero-order chi connectivity index (χ0) is 17.1. The Balaban J connectivity index is 1.39. The normalized spacial score (nSPS) is 26.4. The van der Waals surface area contributed by atoms with Gasteiger partial charge in [0.25, 0.3) is 5.91 Å². The van der Waals surface area contributed by atoms with Gasteiger partial charge in [0.15, 0.2) is 5.82 Å². The van der Waals surface area contributed by atoms with Gasteiger partial charge in [-0.3, -0.25) is 9.89 Å². The van der Waals surface area contributed by atoms with E-state index in [0.717, 1.165) is 47.6 Å². The van der Waals surface area contributed by atoms with Crippen LogP contribution in [0.25, 0.3) is 0 Å². The lowest BCUT2D eigenvalue weighted by Gasteiger charge is -2.16. The zero-order valence-electron chi connectivity index (χ0n) is 14.9. The Morgan fingerprint density at radius 2 is 2.00 bits per heavy atom. The van der Waals surface area contributed by atoms with Gasteiger partial charge in [-0.1, -0.05) is 0 Å². The van der Waals surface area contributed by atoms with E-state index in [4.69, 9.17) is 4.98 Å². The number of nitrogens with one attached hydrogen (secondary N) is 2. The molecule has 2 saturated carbocycles. The molecule has 25 heavy (non-hydrogen) atoms. The lowest BCUT2D eigenvalue weighted by molar-refractivity contribution is 0.0778. The number of nitrogens with zero attached hydrogens (tertiary/aromatic N) is 3. The van der Waals surface area contributed by atoms with Gasteiger partial charge in [0, 0.05) is 30.6 Å². The number of rotatable bonds is 4. The minimum Gasteiger partial charge on any atom is -0.354 e. The average Bonchev–Trinajstić information content (AvgIpc) is 3.50. The van der Waals surface area contributed by atoms with E-state index in [2.05, 4.69) is 15.2 Å². The van der Waals surface area contributed by atoms with Gasteiger partial charge in [0.2, 0.25) is 0 Å². The van der Waals surface area contributed by atoms with E-state index in [-0.39, 0.29) is 5.91 Å². The van der Waals surface area contributed by atoms with Crippen LogP contribution in [0.3, 0.4) is 0 Å². The summed E-state index contributed by atoms with van der Waals surface area (Å²) in [6.45, 7) is 5.58. The number of aromatic amines is 2. The van der Waals surface area contributed by atoms with Crippen molar-refractivity contribution in [3.05, 3.63) is 34.7 Å². The van der Waals surface area contributed by atoms with Crippen molar-refractivity contribution in [2.24, 2.45) is 11.8 Å². The second kappa shape index (κ2) is 5.44. The SMILES string of the molecule is Cc1cc(C)c(C(=O)N2C[C@H](c3nc(C4CC4)n[nH]3)[C@@H](C3CC3)C2)[nH]1. The Bertz CT molecular complexity index is 814. The molecule has 1 aliphatic heterocycles. The van der Waals surface area contributed by atoms with Crippen molar-refractivity contribution in [1.29, 1.82) is 0 Å². The molecule has 1 saturated heterocycles. The molecule has 2 N–H and O–H groups in total. The van der Waals surface area contributed by atoms with Gasteiger partial charge < -0.3 is 9.88 Å². The van der Waals surface area contributed by atoms with E-state index in [1.54, 1.807) is 0 Å². The predicted molar refractivity (Wildman–Crippen MR) is 93.5 cm³/mol. The molecule has 6 heteroatoms. The largest absolute Gasteiger partial charge is 0.354 e. The van der Waals surface area contributed by atoms with Crippen molar-refractivity contribution in [1.82, 2.24) is 25.1 Å². The van der Waals surface area contributed by atoms with Crippen molar-refractivity contribution in [2.45, 2.75) is 51.4 Å². The number of aromatic nitrogens is 4. The van der Waals surface area contributed by atoms with Gasteiger partial charge in [-0.05, 0) is 63.0 Å². The fraction of sp³-hybridized carbons (Fsp3) is 0.632. The van der Waals surface area contributed by atoms with Crippen LogP contribution in [-0.2, 0) is 0 Å². The average molecular weight is 339 g/mol. The lowest BCUT2D eigenvalue weighted by Crippen LogP contribution is -2.30. The minimum atomic E-state index is 0.126. The number of hydrogen-bond donors (Lipinski definition) is 2. The topological polar surface area (TPSA) is 77.7 Å². The molecule has 0 aromatic carbocycles. The summed E-state index contributed by atoms with van der Waals surface area (Å²) < 4.78 is 0. The first kappa shape index (κ1) is 15.2. The van der Waals surface area contributed by atoms with E-state index < -0.39 is 0 Å². The maximum atomic E-state index is 13.0. The summed E-state index contributed by atoms with van der Waals surface area (Å²) >= 11 is 0. The number of H-pyrrole nitrogens is 2. The number of carbonyl (C=O) groups is 1. The van der Waals surface area contributed by atoms with Crippen molar-refractivity contribution in [2.75, 3.05) is 13.1 Å². The van der Waals surface area contributed by atoms with Crippen molar-refractivity contribution < 1.29 is 4.79 Å². The third kappa shape index (κ3) is 2.68. The van der Waals surface area contributed by atoms with Crippen molar-refractivity contribution >= 4 is 5.91 Å². The fourth-order valence-electron chi connectivity index (χ4n) is 4.37. The van der Waals surface area contributed by atoms with Crippen LogP contribution in [0.1, 0.15) is 70.9 Å². The summed E-state index contributed by atoms with van der Waals surface area (Å²) in [4.78, 5) is 23.1. The fourth-order valence-corrected chi connectivity index (χ4v) is 4.37. The Kier molecular flexibility index (Phi) is 3.30. The molecule has 3 heterocycles. The highest BCUT2D eigenvalue weighted by Crippen LogP contribution is 2.47. The van der Waals surface area contributed by atoms with Crippen LogP contribution in [-0.4, -0.2) is 44.1 Å². The number of hydrogen-bond acceptors (Lipinski definition) is 3.